The zero-order chi connectivity index (χ0) is 23.9. The smallest absolute Gasteiger partial charge is 0.265 e. The van der Waals surface area contributed by atoms with E-state index >= 15 is 0 Å². The molecule has 1 fully saturated rings. The van der Waals surface area contributed by atoms with E-state index in [2.05, 4.69) is 22.1 Å². The van der Waals surface area contributed by atoms with Crippen molar-refractivity contribution in [3.8, 4) is 5.69 Å². The zero-order valence-corrected chi connectivity index (χ0v) is 20.5. The monoisotopic (exact) mass is 506 g/mol. The number of thioether (sulfide) groups is 1. The molecular formula is C25H23ClN6O2S. The SMILES string of the molecule is O=C(CC1CSc2nc3c(cnn3-c3cccc(Cl)c3)c(=O)n21)N1CCN(c2ccccc2)CC1. The van der Waals surface area contributed by atoms with E-state index in [1.165, 1.54) is 17.4 Å². The quantitative estimate of drug-likeness (QED) is 0.393. The summed E-state index contributed by atoms with van der Waals surface area (Å²) >= 11 is 7.65. The van der Waals surface area contributed by atoms with Crippen LogP contribution in [0.15, 0.2) is 70.7 Å². The van der Waals surface area contributed by atoms with Crippen molar-refractivity contribution in [2.75, 3.05) is 36.8 Å². The van der Waals surface area contributed by atoms with E-state index in [4.69, 9.17) is 16.6 Å². The first-order valence-corrected chi connectivity index (χ1v) is 12.9. The van der Waals surface area contributed by atoms with Crippen LogP contribution in [0, 0.1) is 0 Å². The van der Waals surface area contributed by atoms with Crippen molar-refractivity contribution in [3.63, 3.8) is 0 Å². The highest BCUT2D eigenvalue weighted by atomic mass is 35.5. The summed E-state index contributed by atoms with van der Waals surface area (Å²) in [7, 11) is 0. The molecule has 6 rings (SSSR count). The lowest BCUT2D eigenvalue weighted by atomic mass is 10.1. The Morgan fingerprint density at radius 2 is 1.80 bits per heavy atom. The molecule has 1 unspecified atom stereocenters. The van der Waals surface area contributed by atoms with Gasteiger partial charge in [0.15, 0.2) is 10.8 Å². The Kier molecular flexibility index (Phi) is 5.74. The Hall–Kier alpha value is -3.30. The first-order chi connectivity index (χ1) is 17.1. The average molecular weight is 507 g/mol. The van der Waals surface area contributed by atoms with Crippen LogP contribution in [-0.2, 0) is 4.79 Å². The third kappa shape index (κ3) is 4.08. The fourth-order valence-electron chi connectivity index (χ4n) is 4.76. The Labute approximate surface area is 211 Å². The Morgan fingerprint density at radius 3 is 2.57 bits per heavy atom. The minimum Gasteiger partial charge on any atom is -0.368 e. The van der Waals surface area contributed by atoms with E-state index in [0.717, 1.165) is 18.8 Å². The van der Waals surface area contributed by atoms with Crippen molar-refractivity contribution >= 4 is 46.0 Å². The molecule has 2 aromatic heterocycles. The molecule has 0 saturated carbocycles. The summed E-state index contributed by atoms with van der Waals surface area (Å²) in [5, 5.41) is 6.04. The number of halogens is 1. The summed E-state index contributed by atoms with van der Waals surface area (Å²) in [4.78, 5) is 35.5. The number of carbonyl (C=O) groups is 1. The number of amides is 1. The normalized spacial score (nSPS) is 17.7. The molecule has 1 amide bonds. The number of rotatable bonds is 4. The summed E-state index contributed by atoms with van der Waals surface area (Å²) in [5.41, 5.74) is 2.27. The van der Waals surface area contributed by atoms with Crippen molar-refractivity contribution in [2.45, 2.75) is 17.6 Å². The molecule has 2 aliphatic rings. The van der Waals surface area contributed by atoms with Crippen LogP contribution in [0.2, 0.25) is 5.02 Å². The number of benzene rings is 2. The van der Waals surface area contributed by atoms with Gasteiger partial charge in [-0.3, -0.25) is 14.2 Å². The molecule has 10 heteroatoms. The van der Waals surface area contributed by atoms with Gasteiger partial charge >= 0.3 is 0 Å². The van der Waals surface area contributed by atoms with Crippen molar-refractivity contribution in [2.24, 2.45) is 0 Å². The summed E-state index contributed by atoms with van der Waals surface area (Å²) < 4.78 is 3.31. The van der Waals surface area contributed by atoms with Crippen LogP contribution in [-0.4, -0.2) is 62.1 Å². The van der Waals surface area contributed by atoms with Gasteiger partial charge in [-0.25, -0.2) is 9.67 Å². The van der Waals surface area contributed by atoms with Crippen LogP contribution < -0.4 is 10.5 Å². The fourth-order valence-corrected chi connectivity index (χ4v) is 6.08. The van der Waals surface area contributed by atoms with Crippen LogP contribution in [0.3, 0.4) is 0 Å². The first-order valence-electron chi connectivity index (χ1n) is 11.6. The number of hydrogen-bond acceptors (Lipinski definition) is 6. The molecule has 0 spiro atoms. The molecule has 1 saturated heterocycles. The lowest BCUT2D eigenvalue weighted by Gasteiger charge is -2.36. The van der Waals surface area contributed by atoms with E-state index in [1.807, 2.05) is 35.2 Å². The molecule has 178 valence electrons. The van der Waals surface area contributed by atoms with E-state index < -0.39 is 0 Å². The Balaban J connectivity index is 1.20. The second-order valence-corrected chi connectivity index (χ2v) is 10.1. The molecule has 0 bridgehead atoms. The predicted octanol–water partition coefficient (Wildman–Crippen LogP) is 3.62. The first kappa shape index (κ1) is 22.2. The number of fused-ring (bicyclic) bond motifs is 2. The van der Waals surface area contributed by atoms with Crippen LogP contribution in [0.5, 0.6) is 0 Å². The van der Waals surface area contributed by atoms with Crippen LogP contribution in [0.4, 0.5) is 5.69 Å². The van der Waals surface area contributed by atoms with Crippen LogP contribution in [0.25, 0.3) is 16.7 Å². The van der Waals surface area contributed by atoms with E-state index in [9.17, 15) is 9.59 Å². The van der Waals surface area contributed by atoms with Crippen molar-refractivity contribution in [3.05, 3.63) is 76.2 Å². The van der Waals surface area contributed by atoms with Gasteiger partial charge in [0.1, 0.15) is 5.39 Å². The third-order valence-electron chi connectivity index (χ3n) is 6.59. The second kappa shape index (κ2) is 9.05. The summed E-state index contributed by atoms with van der Waals surface area (Å²) in [6.07, 6.45) is 1.84. The predicted molar refractivity (Wildman–Crippen MR) is 138 cm³/mol. The fraction of sp³-hybridized carbons (Fsp3) is 0.280. The molecule has 0 radical (unpaired) electrons. The molecule has 2 aromatic carbocycles. The maximum absolute atomic E-state index is 13.4. The van der Waals surface area contributed by atoms with Gasteiger partial charge < -0.3 is 9.80 Å². The van der Waals surface area contributed by atoms with Gasteiger partial charge in [-0.1, -0.05) is 47.6 Å². The molecule has 0 N–H and O–H groups in total. The summed E-state index contributed by atoms with van der Waals surface area (Å²) in [6, 6.07) is 17.3. The number of carbonyl (C=O) groups excluding carboxylic acids is 1. The maximum Gasteiger partial charge on any atom is 0.265 e. The molecule has 2 aliphatic heterocycles. The highest BCUT2D eigenvalue weighted by Crippen LogP contribution is 2.34. The third-order valence-corrected chi connectivity index (χ3v) is 7.92. The molecule has 4 heterocycles. The van der Waals surface area contributed by atoms with Crippen LogP contribution >= 0.6 is 23.4 Å². The van der Waals surface area contributed by atoms with Gasteiger partial charge in [0.25, 0.3) is 5.56 Å². The zero-order valence-electron chi connectivity index (χ0n) is 18.9. The highest BCUT2D eigenvalue weighted by molar-refractivity contribution is 7.99. The molecular weight excluding hydrogens is 484 g/mol. The number of aromatic nitrogens is 4. The number of nitrogens with zero attached hydrogens (tertiary/aromatic N) is 6. The van der Waals surface area contributed by atoms with Crippen molar-refractivity contribution in [1.29, 1.82) is 0 Å². The van der Waals surface area contributed by atoms with Crippen molar-refractivity contribution in [1.82, 2.24) is 24.2 Å². The van der Waals surface area contributed by atoms with E-state index in [-0.39, 0.29) is 17.5 Å². The molecule has 35 heavy (non-hydrogen) atoms. The number of hydrogen-bond donors (Lipinski definition) is 0. The lowest BCUT2D eigenvalue weighted by Crippen LogP contribution is -2.49. The van der Waals surface area contributed by atoms with Gasteiger partial charge in [0, 0.05) is 49.1 Å². The Bertz CT molecular complexity index is 1460. The number of para-hydroxylation sites is 1. The van der Waals surface area contributed by atoms with E-state index in [1.54, 1.807) is 27.6 Å². The number of piperazine rings is 1. The maximum atomic E-state index is 13.4. The minimum atomic E-state index is -0.214. The average Bonchev–Trinajstić information content (AvgIpc) is 3.50. The molecule has 1 atom stereocenters. The highest BCUT2D eigenvalue weighted by Gasteiger charge is 2.31. The topological polar surface area (TPSA) is 76.3 Å². The largest absolute Gasteiger partial charge is 0.368 e. The molecule has 8 nitrogen and oxygen atoms in total. The molecule has 4 aromatic rings. The van der Waals surface area contributed by atoms with Gasteiger partial charge in [-0.2, -0.15) is 5.10 Å². The lowest BCUT2D eigenvalue weighted by molar-refractivity contribution is -0.132. The van der Waals surface area contributed by atoms with Gasteiger partial charge in [0.2, 0.25) is 5.91 Å². The summed E-state index contributed by atoms with van der Waals surface area (Å²) in [6.45, 7) is 2.96. The second-order valence-electron chi connectivity index (χ2n) is 8.72. The van der Waals surface area contributed by atoms with Crippen LogP contribution in [0.1, 0.15) is 12.5 Å². The summed E-state index contributed by atoms with van der Waals surface area (Å²) in [5.74, 6) is 0.729. The Morgan fingerprint density at radius 1 is 1.03 bits per heavy atom. The van der Waals surface area contributed by atoms with Gasteiger partial charge in [0.05, 0.1) is 17.9 Å². The van der Waals surface area contributed by atoms with Gasteiger partial charge in [-0.15, -0.1) is 0 Å². The standard InChI is InChI=1S/C25H23ClN6O2S/c26-17-5-4-8-19(13-17)32-23-21(15-27-32)24(34)31-20(16-35-25(31)28-23)14-22(33)30-11-9-29(10-12-30)18-6-2-1-3-7-18/h1-8,13,15,20H,9-12,14,16H2. The van der Waals surface area contributed by atoms with E-state index in [0.29, 0.717) is 46.5 Å². The minimum absolute atomic E-state index is 0.0813. The van der Waals surface area contributed by atoms with Gasteiger partial charge in [-0.05, 0) is 30.3 Å². The molecule has 0 aliphatic carbocycles. The van der Waals surface area contributed by atoms with Crippen molar-refractivity contribution < 1.29 is 4.79 Å². The number of anilines is 1.